The Bertz CT molecular complexity index is 1110. The van der Waals surface area contributed by atoms with Crippen LogP contribution in [-0.2, 0) is 9.53 Å². The Hall–Kier alpha value is -3.20. The van der Waals surface area contributed by atoms with Gasteiger partial charge in [-0.25, -0.2) is 14.8 Å². The summed E-state index contributed by atoms with van der Waals surface area (Å²) in [6.45, 7) is 3.72. The summed E-state index contributed by atoms with van der Waals surface area (Å²) in [7, 11) is 0. The third-order valence-electron chi connectivity index (χ3n) is 7.24. The van der Waals surface area contributed by atoms with Crippen LogP contribution in [0.2, 0.25) is 0 Å². The van der Waals surface area contributed by atoms with Crippen molar-refractivity contribution < 1.29 is 14.3 Å². The van der Waals surface area contributed by atoms with Gasteiger partial charge in [-0.2, -0.15) is 0 Å². The average molecular weight is 449 g/mol. The van der Waals surface area contributed by atoms with Crippen molar-refractivity contribution in [3.63, 3.8) is 0 Å². The van der Waals surface area contributed by atoms with E-state index in [1.165, 1.54) is 12.8 Å². The molecule has 33 heavy (non-hydrogen) atoms. The van der Waals surface area contributed by atoms with Crippen molar-refractivity contribution in [2.24, 2.45) is 17.6 Å². The van der Waals surface area contributed by atoms with Gasteiger partial charge < -0.3 is 25.6 Å². The van der Waals surface area contributed by atoms with Crippen LogP contribution in [0.15, 0.2) is 30.5 Å². The first kappa shape index (κ1) is 20.4. The second-order valence-electron chi connectivity index (χ2n) is 9.90. The minimum atomic E-state index is -0.770. The first-order valence-corrected chi connectivity index (χ1v) is 11.7. The molecule has 2 aliphatic carbocycles. The molecule has 2 saturated carbocycles. The number of nitrogens with zero attached hydrogens (tertiary/aromatic N) is 4. The van der Waals surface area contributed by atoms with Crippen LogP contribution in [0.3, 0.4) is 0 Å². The van der Waals surface area contributed by atoms with E-state index in [1.54, 1.807) is 18.3 Å². The van der Waals surface area contributed by atoms with Gasteiger partial charge in [0.2, 0.25) is 0 Å². The quantitative estimate of drug-likeness (QED) is 0.727. The predicted molar refractivity (Wildman–Crippen MR) is 124 cm³/mol. The van der Waals surface area contributed by atoms with Gasteiger partial charge in [0.15, 0.2) is 11.6 Å². The lowest BCUT2D eigenvalue weighted by Crippen LogP contribution is -2.69. The fourth-order valence-electron chi connectivity index (χ4n) is 4.91. The van der Waals surface area contributed by atoms with Crippen LogP contribution in [0.4, 0.5) is 22.0 Å². The normalized spacial score (nSPS) is 26.6. The third kappa shape index (κ3) is 3.60. The molecule has 1 aromatic heterocycles. The van der Waals surface area contributed by atoms with Gasteiger partial charge in [-0.15, -0.1) is 0 Å². The van der Waals surface area contributed by atoms with Gasteiger partial charge in [-0.1, -0.05) is 0 Å². The molecule has 1 unspecified atom stereocenters. The number of nitrogens with one attached hydrogen (secondary N) is 1. The van der Waals surface area contributed by atoms with Gasteiger partial charge >= 0.3 is 6.03 Å². The topological polar surface area (TPSA) is 114 Å². The van der Waals surface area contributed by atoms with E-state index in [2.05, 4.69) is 15.2 Å². The number of ether oxygens (including phenoxy) is 1. The lowest BCUT2D eigenvalue weighted by molar-refractivity contribution is -0.130. The SMILES string of the molecule is CC12CO[C@@H](C3CC3)CN1c1nc(-c3ccc(NC(N)=O)cc3)ncc1N(CC1CC1)C2=O. The van der Waals surface area contributed by atoms with Gasteiger partial charge in [-0.05, 0) is 68.7 Å². The van der Waals surface area contributed by atoms with E-state index < -0.39 is 11.6 Å². The molecule has 9 nitrogen and oxygen atoms in total. The van der Waals surface area contributed by atoms with Crippen LogP contribution in [0.1, 0.15) is 32.6 Å². The van der Waals surface area contributed by atoms with Crippen LogP contribution >= 0.6 is 0 Å². The number of amides is 3. The number of rotatable bonds is 5. The van der Waals surface area contributed by atoms with Crippen molar-refractivity contribution >= 4 is 29.1 Å². The Balaban J connectivity index is 1.39. The highest BCUT2D eigenvalue weighted by Gasteiger charge is 2.54. The molecule has 0 bridgehead atoms. The van der Waals surface area contributed by atoms with E-state index in [0.717, 1.165) is 29.9 Å². The molecule has 9 heteroatoms. The summed E-state index contributed by atoms with van der Waals surface area (Å²) >= 11 is 0. The van der Waals surface area contributed by atoms with E-state index in [9.17, 15) is 9.59 Å². The van der Waals surface area contributed by atoms with E-state index in [1.807, 2.05) is 24.0 Å². The minimum Gasteiger partial charge on any atom is -0.373 e. The zero-order valence-electron chi connectivity index (χ0n) is 18.7. The number of hydrogen-bond acceptors (Lipinski definition) is 6. The van der Waals surface area contributed by atoms with E-state index in [4.69, 9.17) is 15.5 Å². The molecule has 0 radical (unpaired) electrons. The third-order valence-corrected chi connectivity index (χ3v) is 7.24. The zero-order valence-corrected chi connectivity index (χ0v) is 18.7. The number of anilines is 3. The van der Waals surface area contributed by atoms with Gasteiger partial charge in [0.25, 0.3) is 5.91 Å². The first-order chi connectivity index (χ1) is 15.9. The molecule has 172 valence electrons. The number of nitrogens with two attached hydrogens (primary N) is 1. The van der Waals surface area contributed by atoms with Gasteiger partial charge in [0.05, 0.1) is 18.9 Å². The highest BCUT2D eigenvalue weighted by atomic mass is 16.5. The molecule has 3 fully saturated rings. The van der Waals surface area contributed by atoms with Gasteiger partial charge in [0.1, 0.15) is 11.2 Å². The van der Waals surface area contributed by atoms with Crippen molar-refractivity contribution in [3.8, 4) is 11.4 Å². The number of carbonyl (C=O) groups excluding carboxylic acids is 2. The first-order valence-electron chi connectivity index (χ1n) is 11.7. The number of urea groups is 1. The highest BCUT2D eigenvalue weighted by Crippen LogP contribution is 2.46. The summed E-state index contributed by atoms with van der Waals surface area (Å²) in [6.07, 6.45) is 6.60. The molecular weight excluding hydrogens is 420 g/mol. The second-order valence-corrected chi connectivity index (χ2v) is 9.90. The average Bonchev–Trinajstić information content (AvgIpc) is 3.71. The molecular formula is C24H28N6O3. The molecule has 2 aliphatic heterocycles. The summed E-state index contributed by atoms with van der Waals surface area (Å²) in [6, 6.07) is 6.65. The number of morpholine rings is 1. The molecule has 1 aromatic carbocycles. The summed E-state index contributed by atoms with van der Waals surface area (Å²) in [4.78, 5) is 38.4. The van der Waals surface area contributed by atoms with E-state index >= 15 is 0 Å². The Morgan fingerprint density at radius 2 is 2.00 bits per heavy atom. The fourth-order valence-corrected chi connectivity index (χ4v) is 4.91. The maximum atomic E-state index is 13.7. The molecule has 3 amide bonds. The molecule has 4 aliphatic rings. The Labute approximate surface area is 192 Å². The molecule has 2 aromatic rings. The van der Waals surface area contributed by atoms with Crippen molar-refractivity contribution in [2.75, 3.05) is 34.8 Å². The number of hydrogen-bond donors (Lipinski definition) is 2. The van der Waals surface area contributed by atoms with E-state index in [0.29, 0.717) is 43.0 Å². The summed E-state index contributed by atoms with van der Waals surface area (Å²) < 4.78 is 6.21. The number of carbonyl (C=O) groups is 2. The molecule has 3 N–H and O–H groups in total. The van der Waals surface area contributed by atoms with Crippen LogP contribution in [0, 0.1) is 11.8 Å². The van der Waals surface area contributed by atoms with Crippen LogP contribution in [0.5, 0.6) is 0 Å². The number of benzene rings is 1. The number of aromatic nitrogens is 2. The molecule has 0 spiro atoms. The lowest BCUT2D eigenvalue weighted by Gasteiger charge is -2.52. The molecule has 3 heterocycles. The van der Waals surface area contributed by atoms with Gasteiger partial charge in [-0.3, -0.25) is 4.79 Å². The molecule has 6 rings (SSSR count). The Kier molecular flexibility index (Phi) is 4.58. The molecule has 2 atom stereocenters. The van der Waals surface area contributed by atoms with Crippen LogP contribution in [0.25, 0.3) is 11.4 Å². The monoisotopic (exact) mass is 448 g/mol. The summed E-state index contributed by atoms with van der Waals surface area (Å²) in [5.41, 5.74) is 6.66. The molecule has 1 saturated heterocycles. The lowest BCUT2D eigenvalue weighted by atomic mass is 9.91. The standard InChI is InChI=1S/C24H28N6O3/c1-24-13-33-19(15-4-5-15)12-30(24)21-18(29(22(24)31)11-14-2-3-14)10-26-20(28-21)16-6-8-17(9-7-16)27-23(25)32/h6-10,14-15,19H,2-5,11-13H2,1H3,(H3,25,27,32)/t19-,24?/m1/s1. The predicted octanol–water partition coefficient (Wildman–Crippen LogP) is 2.76. The smallest absolute Gasteiger partial charge is 0.316 e. The highest BCUT2D eigenvalue weighted by molar-refractivity contribution is 6.08. The fraction of sp³-hybridized carbons (Fsp3) is 0.500. The van der Waals surface area contributed by atoms with Crippen molar-refractivity contribution in [3.05, 3.63) is 30.5 Å². The van der Waals surface area contributed by atoms with Crippen molar-refractivity contribution in [2.45, 2.75) is 44.2 Å². The number of primary amides is 1. The summed E-state index contributed by atoms with van der Waals surface area (Å²) in [5, 5.41) is 2.56. The number of fused-ring (bicyclic) bond motifs is 3. The maximum Gasteiger partial charge on any atom is 0.316 e. The van der Waals surface area contributed by atoms with Crippen molar-refractivity contribution in [1.82, 2.24) is 9.97 Å². The van der Waals surface area contributed by atoms with E-state index in [-0.39, 0.29) is 12.0 Å². The zero-order chi connectivity index (χ0) is 22.7. The van der Waals surface area contributed by atoms with Crippen LogP contribution < -0.4 is 20.9 Å². The summed E-state index contributed by atoms with van der Waals surface area (Å²) in [5.74, 6) is 2.58. The largest absolute Gasteiger partial charge is 0.373 e. The van der Waals surface area contributed by atoms with Crippen LogP contribution in [-0.4, -0.2) is 53.2 Å². The maximum absolute atomic E-state index is 13.7. The second kappa shape index (κ2) is 7.41. The Morgan fingerprint density at radius 1 is 1.24 bits per heavy atom. The minimum absolute atomic E-state index is 0.0781. The van der Waals surface area contributed by atoms with Crippen molar-refractivity contribution in [1.29, 1.82) is 0 Å². The van der Waals surface area contributed by atoms with Gasteiger partial charge in [0, 0.05) is 24.3 Å². The Morgan fingerprint density at radius 3 is 2.67 bits per heavy atom.